The molecule has 0 amide bonds. The van der Waals surface area contributed by atoms with E-state index >= 15 is 0 Å². The summed E-state index contributed by atoms with van der Waals surface area (Å²) in [5.74, 6) is 6.66. The number of rotatable bonds is 4. The van der Waals surface area contributed by atoms with Crippen molar-refractivity contribution in [2.24, 2.45) is 5.84 Å². The highest BCUT2D eigenvalue weighted by Gasteiger charge is 2.17. The Morgan fingerprint density at radius 1 is 1.35 bits per heavy atom. The Labute approximate surface area is 102 Å². The molecule has 0 bridgehead atoms. The Balaban J connectivity index is 2.40. The van der Waals surface area contributed by atoms with Gasteiger partial charge in [-0.1, -0.05) is 36.8 Å². The second-order valence-corrected chi connectivity index (χ2v) is 4.17. The number of hydrazine groups is 1. The number of nitrogens with two attached hydrogens (primary N) is 1. The predicted molar refractivity (Wildman–Crippen MR) is 68.4 cm³/mol. The zero-order valence-corrected chi connectivity index (χ0v) is 10.2. The van der Waals surface area contributed by atoms with Crippen molar-refractivity contribution in [3.8, 4) is 0 Å². The van der Waals surface area contributed by atoms with Gasteiger partial charge < -0.3 is 4.42 Å². The van der Waals surface area contributed by atoms with Crippen LogP contribution in [0.15, 0.2) is 41.0 Å². The summed E-state index contributed by atoms with van der Waals surface area (Å²) in [6.45, 7) is 4.15. The normalized spacial score (nSPS) is 12.6. The van der Waals surface area contributed by atoms with E-state index in [0.717, 1.165) is 23.3 Å². The molecular weight excluding hydrogens is 212 g/mol. The fourth-order valence-corrected chi connectivity index (χ4v) is 2.11. The van der Waals surface area contributed by atoms with Crippen LogP contribution in [0.2, 0.25) is 0 Å². The van der Waals surface area contributed by atoms with Crippen molar-refractivity contribution in [3.05, 3.63) is 59.0 Å². The van der Waals surface area contributed by atoms with Crippen molar-refractivity contribution in [1.29, 1.82) is 0 Å². The lowest BCUT2D eigenvalue weighted by atomic mass is 9.97. The maximum absolute atomic E-state index is 5.68. The standard InChI is InChI=1S/C14H18N2O/c1-3-13-12(7-8-17-13)14(16-15)11-6-4-5-10(2)9-11/h4-9,14,16H,3,15H2,1-2H3. The van der Waals surface area contributed by atoms with Crippen molar-refractivity contribution in [2.45, 2.75) is 26.3 Å². The molecule has 1 aromatic heterocycles. The highest BCUT2D eigenvalue weighted by molar-refractivity contribution is 5.35. The highest BCUT2D eigenvalue weighted by atomic mass is 16.3. The van der Waals surface area contributed by atoms with E-state index in [2.05, 4.69) is 37.5 Å². The van der Waals surface area contributed by atoms with Gasteiger partial charge in [0.15, 0.2) is 0 Å². The summed E-state index contributed by atoms with van der Waals surface area (Å²) < 4.78 is 5.45. The Morgan fingerprint density at radius 3 is 2.82 bits per heavy atom. The maximum Gasteiger partial charge on any atom is 0.108 e. The number of benzene rings is 1. The SMILES string of the molecule is CCc1occc1C(NN)c1cccc(C)c1. The van der Waals surface area contributed by atoms with Gasteiger partial charge in [-0.05, 0) is 18.6 Å². The third-order valence-electron chi connectivity index (χ3n) is 2.95. The number of nitrogens with one attached hydrogen (secondary N) is 1. The molecular formula is C14H18N2O. The molecule has 0 spiro atoms. The van der Waals surface area contributed by atoms with E-state index in [9.17, 15) is 0 Å². The molecule has 1 atom stereocenters. The number of hydrogen-bond acceptors (Lipinski definition) is 3. The van der Waals surface area contributed by atoms with Crippen LogP contribution in [0.3, 0.4) is 0 Å². The first-order chi connectivity index (χ1) is 8.26. The van der Waals surface area contributed by atoms with E-state index < -0.39 is 0 Å². The second-order valence-electron chi connectivity index (χ2n) is 4.17. The Hall–Kier alpha value is -1.58. The zero-order chi connectivity index (χ0) is 12.3. The van der Waals surface area contributed by atoms with Crippen molar-refractivity contribution in [1.82, 2.24) is 5.43 Å². The van der Waals surface area contributed by atoms with Crippen LogP contribution in [0.4, 0.5) is 0 Å². The first-order valence-corrected chi connectivity index (χ1v) is 5.85. The lowest BCUT2D eigenvalue weighted by Crippen LogP contribution is -2.29. The van der Waals surface area contributed by atoms with Crippen molar-refractivity contribution >= 4 is 0 Å². The Bertz CT molecular complexity index is 490. The van der Waals surface area contributed by atoms with Crippen molar-refractivity contribution < 1.29 is 4.42 Å². The second kappa shape index (κ2) is 5.17. The minimum Gasteiger partial charge on any atom is -0.469 e. The van der Waals surface area contributed by atoms with Gasteiger partial charge in [0.1, 0.15) is 5.76 Å². The summed E-state index contributed by atoms with van der Waals surface area (Å²) in [4.78, 5) is 0. The van der Waals surface area contributed by atoms with Gasteiger partial charge in [-0.15, -0.1) is 0 Å². The Kier molecular flexibility index (Phi) is 3.61. The molecule has 0 fully saturated rings. The summed E-state index contributed by atoms with van der Waals surface area (Å²) >= 11 is 0. The first kappa shape index (κ1) is 11.9. The minimum atomic E-state index is -0.0106. The van der Waals surface area contributed by atoms with E-state index in [1.165, 1.54) is 5.56 Å². The van der Waals surface area contributed by atoms with Crippen LogP contribution in [0.25, 0.3) is 0 Å². The number of hydrogen-bond donors (Lipinski definition) is 2. The maximum atomic E-state index is 5.68. The molecule has 17 heavy (non-hydrogen) atoms. The molecule has 1 heterocycles. The van der Waals surface area contributed by atoms with Gasteiger partial charge in [0.05, 0.1) is 12.3 Å². The lowest BCUT2D eigenvalue weighted by Gasteiger charge is -2.16. The van der Waals surface area contributed by atoms with E-state index in [0.29, 0.717) is 0 Å². The van der Waals surface area contributed by atoms with Gasteiger partial charge in [-0.25, -0.2) is 5.43 Å². The molecule has 2 rings (SSSR count). The summed E-state index contributed by atoms with van der Waals surface area (Å²) in [6.07, 6.45) is 2.58. The lowest BCUT2D eigenvalue weighted by molar-refractivity contribution is 0.502. The summed E-state index contributed by atoms with van der Waals surface area (Å²) in [5, 5.41) is 0. The molecule has 3 nitrogen and oxygen atoms in total. The summed E-state index contributed by atoms with van der Waals surface area (Å²) in [6, 6.07) is 10.3. The molecule has 0 radical (unpaired) electrons. The van der Waals surface area contributed by atoms with Crippen molar-refractivity contribution in [3.63, 3.8) is 0 Å². The van der Waals surface area contributed by atoms with Gasteiger partial charge in [-0.3, -0.25) is 5.84 Å². The Morgan fingerprint density at radius 2 is 2.18 bits per heavy atom. The summed E-state index contributed by atoms with van der Waals surface area (Å²) in [5.41, 5.74) is 6.36. The minimum absolute atomic E-state index is 0.0106. The van der Waals surface area contributed by atoms with Crippen LogP contribution in [-0.2, 0) is 6.42 Å². The molecule has 3 N–H and O–H groups in total. The van der Waals surface area contributed by atoms with Crippen LogP contribution in [0.1, 0.15) is 35.4 Å². The van der Waals surface area contributed by atoms with E-state index in [-0.39, 0.29) is 6.04 Å². The molecule has 1 aromatic carbocycles. The number of furan rings is 1. The van der Waals surface area contributed by atoms with Gasteiger partial charge in [0, 0.05) is 12.0 Å². The fraction of sp³-hybridized carbons (Fsp3) is 0.286. The van der Waals surface area contributed by atoms with E-state index in [1.807, 2.05) is 12.1 Å². The predicted octanol–water partition coefficient (Wildman–Crippen LogP) is 2.70. The average molecular weight is 230 g/mol. The largest absolute Gasteiger partial charge is 0.469 e. The molecule has 0 saturated carbocycles. The van der Waals surface area contributed by atoms with Crippen LogP contribution in [-0.4, -0.2) is 0 Å². The molecule has 0 aliphatic carbocycles. The molecule has 3 heteroatoms. The first-order valence-electron chi connectivity index (χ1n) is 5.85. The molecule has 1 unspecified atom stereocenters. The topological polar surface area (TPSA) is 51.2 Å². The fourth-order valence-electron chi connectivity index (χ4n) is 2.11. The molecule has 0 aliphatic rings. The highest BCUT2D eigenvalue weighted by Crippen LogP contribution is 2.26. The molecule has 2 aromatic rings. The molecule has 0 saturated heterocycles. The smallest absolute Gasteiger partial charge is 0.108 e. The van der Waals surface area contributed by atoms with E-state index in [1.54, 1.807) is 6.26 Å². The van der Waals surface area contributed by atoms with E-state index in [4.69, 9.17) is 10.3 Å². The third kappa shape index (κ3) is 2.40. The number of aryl methyl sites for hydroxylation is 2. The van der Waals surface area contributed by atoms with Crippen LogP contribution < -0.4 is 11.3 Å². The van der Waals surface area contributed by atoms with Crippen molar-refractivity contribution in [2.75, 3.05) is 0 Å². The van der Waals surface area contributed by atoms with Gasteiger partial charge >= 0.3 is 0 Å². The van der Waals surface area contributed by atoms with Crippen LogP contribution in [0.5, 0.6) is 0 Å². The van der Waals surface area contributed by atoms with Gasteiger partial charge in [0.25, 0.3) is 0 Å². The average Bonchev–Trinajstić information content (AvgIpc) is 2.78. The zero-order valence-electron chi connectivity index (χ0n) is 10.2. The molecule has 90 valence electrons. The quantitative estimate of drug-likeness (QED) is 0.627. The third-order valence-corrected chi connectivity index (χ3v) is 2.95. The van der Waals surface area contributed by atoms with Crippen LogP contribution in [0, 0.1) is 6.92 Å². The monoisotopic (exact) mass is 230 g/mol. The molecule has 0 aliphatic heterocycles. The summed E-state index contributed by atoms with van der Waals surface area (Å²) in [7, 11) is 0. The van der Waals surface area contributed by atoms with Gasteiger partial charge in [0.2, 0.25) is 0 Å². The van der Waals surface area contributed by atoms with Gasteiger partial charge in [-0.2, -0.15) is 0 Å². The van der Waals surface area contributed by atoms with Crippen LogP contribution >= 0.6 is 0 Å².